The van der Waals surface area contributed by atoms with Crippen LogP contribution in [-0.2, 0) is 9.53 Å². The molecular weight excluding hydrogens is 204 g/mol. The third kappa shape index (κ3) is 2.33. The molecule has 0 bridgehead atoms. The van der Waals surface area contributed by atoms with Crippen LogP contribution >= 0.6 is 0 Å². The van der Waals surface area contributed by atoms with Crippen molar-refractivity contribution in [3.05, 3.63) is 23.8 Å². The van der Waals surface area contributed by atoms with Crippen LogP contribution < -0.4 is 11.1 Å². The first-order chi connectivity index (χ1) is 7.66. The first kappa shape index (κ1) is 11.0. The van der Waals surface area contributed by atoms with E-state index in [9.17, 15) is 4.79 Å². The van der Waals surface area contributed by atoms with E-state index in [2.05, 4.69) is 5.32 Å². The van der Waals surface area contributed by atoms with Crippen molar-refractivity contribution in [2.45, 2.75) is 25.9 Å². The first-order valence-electron chi connectivity index (χ1n) is 5.45. The van der Waals surface area contributed by atoms with Gasteiger partial charge in [-0.2, -0.15) is 0 Å². The highest BCUT2D eigenvalue weighted by Gasteiger charge is 2.23. The molecule has 1 heterocycles. The summed E-state index contributed by atoms with van der Waals surface area (Å²) in [6.45, 7) is 2.61. The summed E-state index contributed by atoms with van der Waals surface area (Å²) in [5.41, 5.74) is 8.19. The number of hydrogen-bond donors (Lipinski definition) is 2. The largest absolute Gasteiger partial charge is 0.398 e. The van der Waals surface area contributed by atoms with E-state index in [1.165, 1.54) is 0 Å². The number of aryl methyl sites for hydroxylation is 1. The van der Waals surface area contributed by atoms with E-state index in [4.69, 9.17) is 10.5 Å². The smallest absolute Gasteiger partial charge is 0.253 e. The molecule has 16 heavy (non-hydrogen) atoms. The minimum absolute atomic E-state index is 0.0826. The summed E-state index contributed by atoms with van der Waals surface area (Å²) < 4.78 is 5.30. The number of nitrogens with two attached hydrogens (primary N) is 1. The van der Waals surface area contributed by atoms with Crippen LogP contribution in [-0.4, -0.2) is 18.6 Å². The molecule has 1 aromatic rings. The Bertz CT molecular complexity index is 398. The van der Waals surface area contributed by atoms with E-state index in [0.717, 1.165) is 24.1 Å². The summed E-state index contributed by atoms with van der Waals surface area (Å²) in [6.07, 6.45) is 1.45. The molecule has 2 rings (SSSR count). The molecule has 0 saturated carbocycles. The fourth-order valence-corrected chi connectivity index (χ4v) is 1.73. The first-order valence-corrected chi connectivity index (χ1v) is 5.45. The van der Waals surface area contributed by atoms with E-state index >= 15 is 0 Å². The fourth-order valence-electron chi connectivity index (χ4n) is 1.73. The van der Waals surface area contributed by atoms with Gasteiger partial charge in [-0.05, 0) is 37.5 Å². The molecule has 0 aromatic heterocycles. The Morgan fingerprint density at radius 2 is 2.38 bits per heavy atom. The third-order valence-corrected chi connectivity index (χ3v) is 2.77. The van der Waals surface area contributed by atoms with Gasteiger partial charge in [-0.3, -0.25) is 4.79 Å². The molecular formula is C12H16N2O2. The molecule has 1 amide bonds. The monoisotopic (exact) mass is 220 g/mol. The zero-order chi connectivity index (χ0) is 11.5. The van der Waals surface area contributed by atoms with Gasteiger partial charge in [0.05, 0.1) is 0 Å². The average molecular weight is 220 g/mol. The summed E-state index contributed by atoms with van der Waals surface area (Å²) in [7, 11) is 0. The summed E-state index contributed by atoms with van der Waals surface area (Å²) in [5, 5.41) is 2.81. The second-order valence-corrected chi connectivity index (χ2v) is 4.06. The number of anilines is 2. The van der Waals surface area contributed by atoms with Gasteiger partial charge in [0, 0.05) is 18.0 Å². The lowest BCUT2D eigenvalue weighted by Gasteiger charge is -2.11. The van der Waals surface area contributed by atoms with Gasteiger partial charge in [0.2, 0.25) is 0 Å². The highest BCUT2D eigenvalue weighted by Crippen LogP contribution is 2.19. The molecule has 1 aliphatic rings. The second kappa shape index (κ2) is 4.53. The van der Waals surface area contributed by atoms with Crippen LogP contribution in [0, 0.1) is 6.92 Å². The Morgan fingerprint density at radius 1 is 1.56 bits per heavy atom. The maximum absolute atomic E-state index is 11.7. The molecule has 4 heteroatoms. The van der Waals surface area contributed by atoms with Crippen molar-refractivity contribution in [1.82, 2.24) is 0 Å². The molecule has 86 valence electrons. The third-order valence-electron chi connectivity index (χ3n) is 2.77. The molecule has 0 spiro atoms. The van der Waals surface area contributed by atoms with Crippen LogP contribution in [0.3, 0.4) is 0 Å². The number of hydrogen-bond acceptors (Lipinski definition) is 3. The lowest BCUT2D eigenvalue weighted by atomic mass is 10.1. The molecule has 1 unspecified atom stereocenters. The van der Waals surface area contributed by atoms with E-state index in [-0.39, 0.29) is 12.0 Å². The number of amides is 1. The molecule has 3 N–H and O–H groups in total. The van der Waals surface area contributed by atoms with Crippen LogP contribution in [0.5, 0.6) is 0 Å². The molecule has 1 aliphatic heterocycles. The fraction of sp³-hybridized carbons (Fsp3) is 0.417. The molecule has 1 saturated heterocycles. The van der Waals surface area contributed by atoms with Gasteiger partial charge in [-0.15, -0.1) is 0 Å². The number of rotatable bonds is 2. The maximum atomic E-state index is 11.7. The van der Waals surface area contributed by atoms with Gasteiger partial charge in [-0.25, -0.2) is 0 Å². The van der Waals surface area contributed by atoms with Gasteiger partial charge in [0.25, 0.3) is 5.91 Å². The molecule has 1 atom stereocenters. The van der Waals surface area contributed by atoms with Crippen molar-refractivity contribution < 1.29 is 9.53 Å². The number of nitrogen functional groups attached to an aromatic ring is 1. The standard InChI is InChI=1S/C12H16N2O2/c1-8-4-5-9(7-10(8)13)14-12(15)11-3-2-6-16-11/h4-5,7,11H,2-3,6,13H2,1H3,(H,14,15). The summed E-state index contributed by atoms with van der Waals surface area (Å²) in [4.78, 5) is 11.7. The SMILES string of the molecule is Cc1ccc(NC(=O)C2CCCO2)cc1N. The number of carbonyl (C=O) groups excluding carboxylic acids is 1. The minimum atomic E-state index is -0.303. The Balaban J connectivity index is 2.02. The van der Waals surface area contributed by atoms with Crippen molar-refractivity contribution in [2.24, 2.45) is 0 Å². The highest BCUT2D eigenvalue weighted by atomic mass is 16.5. The van der Waals surface area contributed by atoms with Crippen molar-refractivity contribution in [2.75, 3.05) is 17.7 Å². The molecule has 0 radical (unpaired) electrons. The van der Waals surface area contributed by atoms with Crippen molar-refractivity contribution in [3.8, 4) is 0 Å². The van der Waals surface area contributed by atoms with E-state index in [0.29, 0.717) is 12.3 Å². The normalized spacial score (nSPS) is 19.7. The van der Waals surface area contributed by atoms with Gasteiger partial charge in [0.1, 0.15) is 6.10 Å². The number of benzene rings is 1. The van der Waals surface area contributed by atoms with Crippen LogP contribution in [0.2, 0.25) is 0 Å². The molecule has 4 nitrogen and oxygen atoms in total. The topological polar surface area (TPSA) is 64.3 Å². The van der Waals surface area contributed by atoms with Crippen LogP contribution in [0.1, 0.15) is 18.4 Å². The van der Waals surface area contributed by atoms with Crippen LogP contribution in [0.25, 0.3) is 0 Å². The molecule has 1 aromatic carbocycles. The van der Waals surface area contributed by atoms with Gasteiger partial charge in [-0.1, -0.05) is 6.07 Å². The molecule has 0 aliphatic carbocycles. The average Bonchev–Trinajstić information content (AvgIpc) is 2.77. The predicted molar refractivity (Wildman–Crippen MR) is 63.2 cm³/mol. The van der Waals surface area contributed by atoms with Gasteiger partial charge >= 0.3 is 0 Å². The number of ether oxygens (including phenoxy) is 1. The van der Waals surface area contributed by atoms with Crippen LogP contribution in [0.15, 0.2) is 18.2 Å². The zero-order valence-corrected chi connectivity index (χ0v) is 9.32. The number of nitrogens with one attached hydrogen (secondary N) is 1. The van der Waals surface area contributed by atoms with Crippen LogP contribution in [0.4, 0.5) is 11.4 Å². The lowest BCUT2D eigenvalue weighted by Crippen LogP contribution is -2.26. The van der Waals surface area contributed by atoms with Crippen molar-refractivity contribution in [1.29, 1.82) is 0 Å². The second-order valence-electron chi connectivity index (χ2n) is 4.06. The van der Waals surface area contributed by atoms with E-state index in [1.807, 2.05) is 19.1 Å². The maximum Gasteiger partial charge on any atom is 0.253 e. The summed E-state index contributed by atoms with van der Waals surface area (Å²) in [5.74, 6) is -0.0826. The lowest BCUT2D eigenvalue weighted by molar-refractivity contribution is -0.124. The summed E-state index contributed by atoms with van der Waals surface area (Å²) in [6, 6.07) is 5.50. The number of carbonyl (C=O) groups is 1. The Labute approximate surface area is 94.8 Å². The summed E-state index contributed by atoms with van der Waals surface area (Å²) >= 11 is 0. The molecule has 1 fully saturated rings. The van der Waals surface area contributed by atoms with Gasteiger partial charge < -0.3 is 15.8 Å². The van der Waals surface area contributed by atoms with E-state index < -0.39 is 0 Å². The quantitative estimate of drug-likeness (QED) is 0.745. The van der Waals surface area contributed by atoms with Gasteiger partial charge in [0.15, 0.2) is 0 Å². The van der Waals surface area contributed by atoms with E-state index in [1.54, 1.807) is 6.07 Å². The highest BCUT2D eigenvalue weighted by molar-refractivity contribution is 5.94. The minimum Gasteiger partial charge on any atom is -0.398 e. The predicted octanol–water partition coefficient (Wildman–Crippen LogP) is 1.69. The Morgan fingerprint density at radius 3 is 3.00 bits per heavy atom. The Hall–Kier alpha value is -1.55. The van der Waals surface area contributed by atoms with Crippen molar-refractivity contribution in [3.63, 3.8) is 0 Å². The Kier molecular flexibility index (Phi) is 3.10. The van der Waals surface area contributed by atoms with Crippen molar-refractivity contribution >= 4 is 17.3 Å². The zero-order valence-electron chi connectivity index (χ0n) is 9.32.